The maximum Gasteiger partial charge on any atom is 0.418 e. The highest BCUT2D eigenvalue weighted by Crippen LogP contribution is 2.38. The maximum absolute atomic E-state index is 12.7. The fourth-order valence-corrected chi connectivity index (χ4v) is 3.22. The van der Waals surface area contributed by atoms with Crippen LogP contribution in [-0.4, -0.2) is 13.7 Å². The van der Waals surface area contributed by atoms with Crippen molar-refractivity contribution in [2.75, 3.05) is 4.72 Å². The number of alkyl halides is 3. The molecule has 0 aromatic heterocycles. The summed E-state index contributed by atoms with van der Waals surface area (Å²) in [6, 6.07) is 3.18. The Morgan fingerprint density at radius 1 is 1.28 bits per heavy atom. The number of rotatable bonds is 3. The molecule has 0 radical (unpaired) electrons. The predicted molar refractivity (Wildman–Crippen MR) is 64.7 cm³/mol. The monoisotopic (exact) mass is 343 g/mol. The summed E-state index contributed by atoms with van der Waals surface area (Å²) >= 11 is 3.02. The lowest BCUT2D eigenvalue weighted by molar-refractivity contribution is -0.136. The molecule has 2 rings (SSSR count). The third kappa shape index (κ3) is 2.97. The Labute approximate surface area is 111 Å². The van der Waals surface area contributed by atoms with E-state index < -0.39 is 32.7 Å². The van der Waals surface area contributed by atoms with E-state index in [1.807, 2.05) is 4.72 Å². The number of halogens is 4. The molecule has 1 fully saturated rings. The molecule has 0 unspecified atom stereocenters. The summed E-state index contributed by atoms with van der Waals surface area (Å²) < 4.78 is 63.9. The Hall–Kier alpha value is -0.760. The molecule has 0 saturated heterocycles. The summed E-state index contributed by atoms with van der Waals surface area (Å²) in [5.74, 6) is 0. The van der Waals surface area contributed by atoms with Gasteiger partial charge in [0.1, 0.15) is 0 Å². The van der Waals surface area contributed by atoms with Crippen LogP contribution in [0.1, 0.15) is 18.4 Å². The van der Waals surface area contributed by atoms with Crippen molar-refractivity contribution in [1.29, 1.82) is 0 Å². The molecular weight excluding hydrogens is 335 g/mol. The van der Waals surface area contributed by atoms with Crippen LogP contribution in [-0.2, 0) is 16.2 Å². The van der Waals surface area contributed by atoms with Gasteiger partial charge in [-0.05, 0) is 31.0 Å². The molecule has 1 N–H and O–H groups in total. The Morgan fingerprint density at radius 3 is 2.39 bits per heavy atom. The van der Waals surface area contributed by atoms with Crippen LogP contribution in [0, 0.1) is 0 Å². The molecule has 3 nitrogen and oxygen atoms in total. The molecule has 0 atom stereocenters. The molecule has 0 aliphatic heterocycles. The van der Waals surface area contributed by atoms with Crippen LogP contribution in [0.5, 0.6) is 0 Å². The van der Waals surface area contributed by atoms with Gasteiger partial charge in [0.15, 0.2) is 0 Å². The van der Waals surface area contributed by atoms with Crippen LogP contribution in [0.4, 0.5) is 18.9 Å². The highest BCUT2D eigenvalue weighted by atomic mass is 79.9. The van der Waals surface area contributed by atoms with Gasteiger partial charge in [-0.25, -0.2) is 8.42 Å². The maximum atomic E-state index is 12.7. The molecule has 1 aromatic rings. The normalized spacial score (nSPS) is 16.7. The van der Waals surface area contributed by atoms with Crippen LogP contribution >= 0.6 is 15.9 Å². The summed E-state index contributed by atoms with van der Waals surface area (Å²) in [5, 5.41) is -0.572. The van der Waals surface area contributed by atoms with Crippen LogP contribution < -0.4 is 4.72 Å². The van der Waals surface area contributed by atoms with Gasteiger partial charge in [-0.1, -0.05) is 15.9 Å². The molecule has 18 heavy (non-hydrogen) atoms. The summed E-state index contributed by atoms with van der Waals surface area (Å²) in [4.78, 5) is 0. The number of sulfonamides is 1. The van der Waals surface area contributed by atoms with Crippen molar-refractivity contribution < 1.29 is 21.6 Å². The van der Waals surface area contributed by atoms with E-state index >= 15 is 0 Å². The Bertz CT molecular complexity index is 567. The summed E-state index contributed by atoms with van der Waals surface area (Å²) in [6.07, 6.45) is -3.61. The second-order valence-corrected chi connectivity index (χ2v) is 6.91. The second kappa shape index (κ2) is 4.41. The Balaban J connectivity index is 2.39. The number of anilines is 1. The third-order valence-electron chi connectivity index (χ3n) is 2.50. The van der Waals surface area contributed by atoms with Gasteiger partial charge in [0.2, 0.25) is 10.0 Å². The SMILES string of the molecule is O=S(=O)(Nc1cc(Br)ccc1C(F)(F)F)C1CC1. The van der Waals surface area contributed by atoms with Crippen molar-refractivity contribution in [1.82, 2.24) is 0 Å². The van der Waals surface area contributed by atoms with E-state index in [0.29, 0.717) is 17.3 Å². The van der Waals surface area contributed by atoms with E-state index in [1.54, 1.807) is 0 Å². The van der Waals surface area contributed by atoms with Crippen molar-refractivity contribution in [3.63, 3.8) is 0 Å². The molecule has 1 aliphatic carbocycles. The minimum Gasteiger partial charge on any atom is -0.283 e. The van der Waals surface area contributed by atoms with Crippen LogP contribution in [0.15, 0.2) is 22.7 Å². The lowest BCUT2D eigenvalue weighted by Gasteiger charge is -2.14. The largest absolute Gasteiger partial charge is 0.418 e. The van der Waals surface area contributed by atoms with Crippen molar-refractivity contribution in [2.45, 2.75) is 24.3 Å². The van der Waals surface area contributed by atoms with Crippen molar-refractivity contribution in [3.8, 4) is 0 Å². The third-order valence-corrected chi connectivity index (χ3v) is 4.85. The van der Waals surface area contributed by atoms with E-state index in [1.165, 1.54) is 6.07 Å². The van der Waals surface area contributed by atoms with E-state index in [9.17, 15) is 21.6 Å². The first-order valence-electron chi connectivity index (χ1n) is 5.08. The zero-order valence-electron chi connectivity index (χ0n) is 8.96. The van der Waals surface area contributed by atoms with Crippen molar-refractivity contribution in [3.05, 3.63) is 28.2 Å². The number of nitrogens with one attached hydrogen (secondary N) is 1. The number of hydrogen-bond donors (Lipinski definition) is 1. The van der Waals surface area contributed by atoms with Gasteiger partial charge in [0.25, 0.3) is 0 Å². The number of benzene rings is 1. The average molecular weight is 344 g/mol. The molecule has 100 valence electrons. The van der Waals surface area contributed by atoms with Gasteiger partial charge in [-0.3, -0.25) is 4.72 Å². The molecule has 1 aromatic carbocycles. The van der Waals surface area contributed by atoms with Gasteiger partial charge in [0, 0.05) is 4.47 Å². The molecule has 8 heteroatoms. The van der Waals surface area contributed by atoms with E-state index in [-0.39, 0.29) is 0 Å². The minimum atomic E-state index is -4.60. The fourth-order valence-electron chi connectivity index (χ4n) is 1.46. The second-order valence-electron chi connectivity index (χ2n) is 4.03. The summed E-state index contributed by atoms with van der Waals surface area (Å²) in [5.41, 5.74) is -1.43. The molecular formula is C10H9BrF3NO2S. The first kappa shape index (κ1) is 13.7. The molecule has 0 heterocycles. The van der Waals surface area contributed by atoms with E-state index in [0.717, 1.165) is 12.1 Å². The first-order valence-corrected chi connectivity index (χ1v) is 7.42. The smallest absolute Gasteiger partial charge is 0.283 e. The van der Waals surface area contributed by atoms with Crippen LogP contribution in [0.2, 0.25) is 0 Å². The Morgan fingerprint density at radius 2 is 1.89 bits per heavy atom. The standard InChI is InChI=1S/C10H9BrF3NO2S/c11-6-1-4-8(10(12,13)14)9(5-6)15-18(16,17)7-2-3-7/h1,4-5,7,15H,2-3H2. The number of hydrogen-bond acceptors (Lipinski definition) is 2. The van der Waals surface area contributed by atoms with Gasteiger partial charge >= 0.3 is 6.18 Å². The highest BCUT2D eigenvalue weighted by Gasteiger charge is 2.39. The molecule has 0 amide bonds. The van der Waals surface area contributed by atoms with Gasteiger partial charge in [-0.2, -0.15) is 13.2 Å². The highest BCUT2D eigenvalue weighted by molar-refractivity contribution is 9.10. The molecule has 0 spiro atoms. The fraction of sp³-hybridized carbons (Fsp3) is 0.400. The minimum absolute atomic E-state index is 0.379. The van der Waals surface area contributed by atoms with E-state index in [2.05, 4.69) is 15.9 Å². The lowest BCUT2D eigenvalue weighted by Crippen LogP contribution is -2.20. The molecule has 0 bridgehead atoms. The topological polar surface area (TPSA) is 46.2 Å². The zero-order valence-corrected chi connectivity index (χ0v) is 11.4. The van der Waals surface area contributed by atoms with Gasteiger partial charge < -0.3 is 0 Å². The summed E-state index contributed by atoms with van der Waals surface area (Å²) in [6.45, 7) is 0. The first-order chi connectivity index (χ1) is 8.20. The quantitative estimate of drug-likeness (QED) is 0.914. The molecule has 1 aliphatic rings. The predicted octanol–water partition coefficient (Wildman–Crippen LogP) is 3.37. The average Bonchev–Trinajstić information content (AvgIpc) is 2.97. The van der Waals surface area contributed by atoms with Crippen LogP contribution in [0.25, 0.3) is 0 Å². The van der Waals surface area contributed by atoms with Crippen molar-refractivity contribution in [2.24, 2.45) is 0 Å². The van der Waals surface area contributed by atoms with Gasteiger partial charge in [-0.15, -0.1) is 0 Å². The Kier molecular flexibility index (Phi) is 3.35. The molecule has 1 saturated carbocycles. The summed E-state index contributed by atoms with van der Waals surface area (Å²) in [7, 11) is -3.71. The van der Waals surface area contributed by atoms with Crippen molar-refractivity contribution >= 4 is 31.6 Å². The zero-order chi connectivity index (χ0) is 13.6. The van der Waals surface area contributed by atoms with Gasteiger partial charge in [0.05, 0.1) is 16.5 Å². The van der Waals surface area contributed by atoms with Crippen LogP contribution in [0.3, 0.4) is 0 Å². The lowest BCUT2D eigenvalue weighted by atomic mass is 10.2. The van der Waals surface area contributed by atoms with E-state index in [4.69, 9.17) is 0 Å².